The van der Waals surface area contributed by atoms with Gasteiger partial charge in [0.2, 0.25) is 0 Å². The van der Waals surface area contributed by atoms with Gasteiger partial charge in [0.1, 0.15) is 0 Å². The van der Waals surface area contributed by atoms with E-state index in [4.69, 9.17) is 0 Å². The molecule has 0 radical (unpaired) electrons. The van der Waals surface area contributed by atoms with E-state index in [9.17, 15) is 0 Å². The first-order chi connectivity index (χ1) is 0. The Hall–Kier alpha value is 3.65. The molecule has 0 atom stereocenters. The molecule has 0 aromatic carbocycles. The molecule has 20 valence electrons. The van der Waals surface area contributed by atoms with E-state index in [2.05, 4.69) is 0 Å². The zero-order valence-electron chi connectivity index (χ0n) is 3.64. The van der Waals surface area contributed by atoms with Crippen LogP contribution >= 0.6 is 0 Å². The minimum Gasteiger partial charge on any atom is -2.00 e. The predicted octanol–water partition coefficient (Wildman–Crippen LogP) is -1.15. The molecule has 0 aliphatic heterocycles. The number of rotatable bonds is 0. The van der Waals surface area contributed by atoms with Crippen LogP contribution in [-0.4, -0.2) is 63.2 Å². The third-order valence-corrected chi connectivity index (χ3v) is 0. The minimum atomic E-state index is 0. The van der Waals surface area contributed by atoms with Crippen LogP contribution in [0.15, 0.2) is 0 Å². The summed E-state index contributed by atoms with van der Waals surface area (Å²) in [6.07, 6.45) is 0. The van der Waals surface area contributed by atoms with Gasteiger partial charge in [0.25, 0.3) is 0 Å². The van der Waals surface area contributed by atoms with E-state index in [1.807, 2.05) is 0 Å². The molecule has 0 rings (SSSR count). The van der Waals surface area contributed by atoms with Gasteiger partial charge >= 0.3 is 46.1 Å². The summed E-state index contributed by atoms with van der Waals surface area (Å²) < 4.78 is 0. The Bertz CT molecular complexity index is 11.5. The van der Waals surface area contributed by atoms with Gasteiger partial charge in [0, 0.05) is 39.0 Å². The van der Waals surface area contributed by atoms with Crippen molar-refractivity contribution in [3.63, 3.8) is 0 Å². The molecule has 0 aromatic rings. The van der Waals surface area contributed by atoms with E-state index in [0.717, 1.165) is 0 Å². The van der Waals surface area contributed by atoms with Gasteiger partial charge in [0.05, 0.1) is 0 Å². The van der Waals surface area contributed by atoms with E-state index < -0.39 is 0 Å². The average Bonchev–Trinajstić information content (AvgIpc) is 0. The molecular weight excluding hydrogens is 290 g/mol. The standard InChI is InChI=1S/2Mg.S.Se.2Zn/q2*+2;2*-2;;. The molecular formula is Mg2SSeZn2. The summed E-state index contributed by atoms with van der Waals surface area (Å²) in [4.78, 5) is 0. The van der Waals surface area contributed by atoms with Crippen LogP contribution in [0.1, 0.15) is 0 Å². The van der Waals surface area contributed by atoms with E-state index in [1.54, 1.807) is 0 Å². The molecule has 0 aromatic heterocycles. The second-order valence-corrected chi connectivity index (χ2v) is 0. The first-order valence-corrected chi connectivity index (χ1v) is 0. The van der Waals surface area contributed by atoms with Gasteiger partial charge in [-0.3, -0.25) is 0 Å². The van der Waals surface area contributed by atoms with Crippen LogP contribution in [0, 0.1) is 0 Å². The van der Waals surface area contributed by atoms with Crippen molar-refractivity contribution in [2.24, 2.45) is 0 Å². The Kier molecular flexibility index (Phi) is 343. The molecule has 0 amide bonds. The van der Waals surface area contributed by atoms with Crippen molar-refractivity contribution in [3.8, 4) is 0 Å². The molecule has 0 aliphatic carbocycles. The van der Waals surface area contributed by atoms with Gasteiger partial charge in [-0.2, -0.15) is 0 Å². The molecule has 6 heavy (non-hydrogen) atoms. The number of hydrogen-bond donors (Lipinski definition) is 0. The van der Waals surface area contributed by atoms with Gasteiger partial charge in [-0.25, -0.2) is 0 Å². The summed E-state index contributed by atoms with van der Waals surface area (Å²) in [6.45, 7) is 0. The van der Waals surface area contributed by atoms with E-state index in [1.165, 1.54) is 0 Å². The molecule has 0 saturated heterocycles. The van der Waals surface area contributed by atoms with E-state index in [-0.39, 0.29) is 116 Å². The normalized spacial score (nSPS) is 0. The van der Waals surface area contributed by atoms with Crippen LogP contribution in [0.25, 0.3) is 0 Å². The van der Waals surface area contributed by atoms with Crippen molar-refractivity contribution in [1.29, 1.82) is 0 Å². The zero-order valence-corrected chi connectivity index (χ0v) is 14.9. The summed E-state index contributed by atoms with van der Waals surface area (Å²) in [5, 5.41) is 0. The van der Waals surface area contributed by atoms with Gasteiger partial charge in [-0.15, -0.1) is 0 Å². The van der Waals surface area contributed by atoms with Crippen LogP contribution in [-0.2, 0) is 52.5 Å². The molecule has 0 spiro atoms. The second kappa shape index (κ2) is 38.0. The van der Waals surface area contributed by atoms with Crippen LogP contribution < -0.4 is 0 Å². The van der Waals surface area contributed by atoms with Crippen LogP contribution in [0.5, 0.6) is 0 Å². The fourth-order valence-corrected chi connectivity index (χ4v) is 0. The largest absolute Gasteiger partial charge is 2.00 e. The van der Waals surface area contributed by atoms with Crippen LogP contribution in [0.4, 0.5) is 0 Å². The maximum absolute atomic E-state index is 0. The molecule has 0 N–H and O–H groups in total. The van der Waals surface area contributed by atoms with Gasteiger partial charge in [-0.05, 0) is 0 Å². The third kappa shape index (κ3) is 25.4. The Morgan fingerprint density at radius 2 is 0.667 bits per heavy atom. The topological polar surface area (TPSA) is 0 Å². The fourth-order valence-electron chi connectivity index (χ4n) is 0. The Labute approximate surface area is 113 Å². The molecule has 6 heteroatoms. The summed E-state index contributed by atoms with van der Waals surface area (Å²) in [5.74, 6) is 0. The molecule has 0 fully saturated rings. The zero-order chi connectivity index (χ0) is 0. The molecule has 0 nitrogen and oxygen atoms in total. The van der Waals surface area contributed by atoms with Crippen molar-refractivity contribution < 1.29 is 39.0 Å². The first-order valence-electron chi connectivity index (χ1n) is 0. The van der Waals surface area contributed by atoms with Crippen molar-refractivity contribution >= 4 is 76.7 Å². The Balaban J connectivity index is 0. The van der Waals surface area contributed by atoms with Crippen LogP contribution in [0.2, 0.25) is 0 Å². The Morgan fingerprint density at radius 1 is 0.667 bits per heavy atom. The SMILES string of the molecule is [Mg+2].[Mg+2].[S-2].[Se-2].[Zn].[Zn]. The average molecular weight is 290 g/mol. The van der Waals surface area contributed by atoms with Crippen molar-refractivity contribution in [2.75, 3.05) is 0 Å². The summed E-state index contributed by atoms with van der Waals surface area (Å²) in [5.41, 5.74) is 0. The predicted molar refractivity (Wildman–Crippen MR) is 24.6 cm³/mol. The third-order valence-electron chi connectivity index (χ3n) is 0. The molecule has 0 aliphatic rings. The van der Waals surface area contributed by atoms with Crippen molar-refractivity contribution in [2.45, 2.75) is 0 Å². The van der Waals surface area contributed by atoms with Crippen LogP contribution in [0.3, 0.4) is 0 Å². The molecule has 0 heterocycles. The van der Waals surface area contributed by atoms with Gasteiger partial charge in [-0.1, -0.05) is 0 Å². The summed E-state index contributed by atoms with van der Waals surface area (Å²) >= 11 is 0. The van der Waals surface area contributed by atoms with Crippen molar-refractivity contribution in [1.82, 2.24) is 0 Å². The quantitative estimate of drug-likeness (QED) is 0.494. The van der Waals surface area contributed by atoms with Gasteiger partial charge < -0.3 is 30.6 Å². The molecule has 0 unspecified atom stereocenters. The minimum absolute atomic E-state index is 0. The smallest absolute Gasteiger partial charge is 2.00 e. The van der Waals surface area contributed by atoms with Crippen molar-refractivity contribution in [3.05, 3.63) is 0 Å². The second-order valence-electron chi connectivity index (χ2n) is 0. The molecule has 0 saturated carbocycles. The van der Waals surface area contributed by atoms with E-state index >= 15 is 0 Å². The Morgan fingerprint density at radius 3 is 0.667 bits per heavy atom. The number of hydrogen-bond acceptors (Lipinski definition) is 0. The monoisotopic (exact) mass is 288 g/mol. The maximum Gasteiger partial charge on any atom is 2.00 e. The van der Waals surface area contributed by atoms with Gasteiger partial charge in [0.15, 0.2) is 0 Å². The molecule has 0 bridgehead atoms. The fraction of sp³-hybridized carbons (Fsp3) is 0. The first kappa shape index (κ1) is 54.2. The maximum atomic E-state index is 0. The summed E-state index contributed by atoms with van der Waals surface area (Å²) in [7, 11) is 0. The summed E-state index contributed by atoms with van der Waals surface area (Å²) in [6, 6.07) is 0. The van der Waals surface area contributed by atoms with E-state index in [0.29, 0.717) is 0 Å².